The number of carbonyl (C=O) groups excluding carboxylic acids is 2. The van der Waals surface area contributed by atoms with Crippen LogP contribution in [0.1, 0.15) is 20.7 Å². The van der Waals surface area contributed by atoms with E-state index in [-0.39, 0.29) is 11.8 Å². The Morgan fingerprint density at radius 3 is 2.81 bits per heavy atom. The van der Waals surface area contributed by atoms with Crippen LogP contribution in [0.15, 0.2) is 40.9 Å². The lowest BCUT2D eigenvalue weighted by Gasteiger charge is -2.32. The van der Waals surface area contributed by atoms with Crippen molar-refractivity contribution >= 4 is 33.4 Å². The van der Waals surface area contributed by atoms with E-state index in [0.29, 0.717) is 52.5 Å². The Morgan fingerprint density at radius 1 is 1.22 bits per heavy atom. The number of likely N-dealkylation sites (N-methyl/N-ethyl adjacent to an activating group) is 1. The molecule has 2 amide bonds. The van der Waals surface area contributed by atoms with Crippen LogP contribution in [0.4, 0.5) is 5.69 Å². The van der Waals surface area contributed by atoms with E-state index >= 15 is 0 Å². The highest BCUT2D eigenvalue weighted by atomic mass is 79.9. The molecule has 32 heavy (non-hydrogen) atoms. The normalized spacial score (nSPS) is 17.0. The molecule has 1 fully saturated rings. The van der Waals surface area contributed by atoms with Crippen molar-refractivity contribution in [3.63, 3.8) is 0 Å². The predicted octanol–water partition coefficient (Wildman–Crippen LogP) is 2.45. The number of nitrogens with zero attached hydrogens (tertiary/aromatic N) is 2. The van der Waals surface area contributed by atoms with Gasteiger partial charge >= 0.3 is 0 Å². The van der Waals surface area contributed by atoms with Crippen LogP contribution in [0.25, 0.3) is 0 Å². The lowest BCUT2D eigenvalue weighted by molar-refractivity contribution is 0.0957. The maximum Gasteiger partial charge on any atom is 0.255 e. The topological polar surface area (TPSA) is 83.1 Å². The Bertz CT molecular complexity index is 992. The molecule has 170 valence electrons. The zero-order valence-corrected chi connectivity index (χ0v) is 19.6. The van der Waals surface area contributed by atoms with Gasteiger partial charge in [0.1, 0.15) is 24.7 Å². The lowest BCUT2D eigenvalue weighted by atomic mass is 10.1. The molecule has 2 N–H and O–H groups in total. The summed E-state index contributed by atoms with van der Waals surface area (Å²) in [5.41, 5.74) is 1.27. The molecule has 4 rings (SSSR count). The third-order valence-electron chi connectivity index (χ3n) is 5.58. The Balaban J connectivity index is 1.43. The molecule has 0 unspecified atom stereocenters. The van der Waals surface area contributed by atoms with Gasteiger partial charge in [-0.2, -0.15) is 0 Å². The number of anilines is 1. The Hall–Kier alpha value is -2.62. The molecule has 2 aromatic carbocycles. The minimum Gasteiger partial charge on any atom is -0.490 e. The number of rotatable bonds is 6. The Kier molecular flexibility index (Phi) is 7.29. The van der Waals surface area contributed by atoms with E-state index in [1.807, 2.05) is 18.2 Å². The Labute approximate surface area is 196 Å². The molecule has 2 aromatic rings. The van der Waals surface area contributed by atoms with Crippen LogP contribution in [0.2, 0.25) is 0 Å². The smallest absolute Gasteiger partial charge is 0.255 e. The van der Waals surface area contributed by atoms with Gasteiger partial charge in [0.2, 0.25) is 0 Å². The molecule has 0 bridgehead atoms. The second-order valence-electron chi connectivity index (χ2n) is 7.88. The minimum absolute atomic E-state index is 0.263. The van der Waals surface area contributed by atoms with E-state index in [0.717, 1.165) is 32.7 Å². The first-order valence-corrected chi connectivity index (χ1v) is 11.5. The number of para-hydroxylation sites is 2. The molecule has 0 aliphatic carbocycles. The zero-order chi connectivity index (χ0) is 22.5. The highest BCUT2D eigenvalue weighted by Gasteiger charge is 2.22. The largest absolute Gasteiger partial charge is 0.490 e. The molecule has 0 saturated carbocycles. The van der Waals surface area contributed by atoms with Crippen molar-refractivity contribution in [2.75, 3.05) is 64.8 Å². The molecular weight excluding hydrogens is 476 g/mol. The van der Waals surface area contributed by atoms with Gasteiger partial charge in [-0.1, -0.05) is 12.1 Å². The van der Waals surface area contributed by atoms with E-state index < -0.39 is 0 Å². The number of hydrogen-bond donors (Lipinski definition) is 2. The number of carbonyl (C=O) groups is 2. The van der Waals surface area contributed by atoms with Crippen molar-refractivity contribution in [3.05, 3.63) is 52.0 Å². The number of nitrogens with one attached hydrogen (secondary N) is 2. The molecule has 0 atom stereocenters. The van der Waals surface area contributed by atoms with Crippen LogP contribution in [0, 0.1) is 0 Å². The first kappa shape index (κ1) is 22.6. The molecule has 1 saturated heterocycles. The number of piperazine rings is 1. The molecule has 9 heteroatoms. The van der Waals surface area contributed by atoms with Crippen LogP contribution < -0.4 is 20.1 Å². The zero-order valence-electron chi connectivity index (χ0n) is 18.0. The van der Waals surface area contributed by atoms with Gasteiger partial charge in [0.05, 0.1) is 22.3 Å². The summed E-state index contributed by atoms with van der Waals surface area (Å²) in [5, 5.41) is 5.67. The number of amides is 2. The third-order valence-corrected chi connectivity index (χ3v) is 6.17. The third kappa shape index (κ3) is 5.40. The monoisotopic (exact) mass is 502 g/mol. The molecule has 0 aromatic heterocycles. The van der Waals surface area contributed by atoms with Crippen LogP contribution >= 0.6 is 15.9 Å². The van der Waals surface area contributed by atoms with E-state index in [9.17, 15) is 9.59 Å². The summed E-state index contributed by atoms with van der Waals surface area (Å²) in [6, 6.07) is 10.6. The fourth-order valence-electron chi connectivity index (χ4n) is 3.70. The first-order valence-electron chi connectivity index (χ1n) is 10.7. The van der Waals surface area contributed by atoms with Gasteiger partial charge in [0.25, 0.3) is 11.8 Å². The molecule has 0 radical (unpaired) electrons. The second-order valence-corrected chi connectivity index (χ2v) is 8.74. The number of benzene rings is 2. The van der Waals surface area contributed by atoms with Crippen LogP contribution in [-0.4, -0.2) is 81.1 Å². The molecular formula is C23H27BrN4O4. The summed E-state index contributed by atoms with van der Waals surface area (Å²) in [7, 11) is 2.13. The Morgan fingerprint density at radius 2 is 2.00 bits per heavy atom. The van der Waals surface area contributed by atoms with Crippen molar-refractivity contribution in [1.29, 1.82) is 0 Å². The van der Waals surface area contributed by atoms with Crippen LogP contribution in [0.3, 0.4) is 0 Å². The molecule has 2 heterocycles. The highest BCUT2D eigenvalue weighted by molar-refractivity contribution is 9.10. The van der Waals surface area contributed by atoms with Gasteiger partial charge in [-0.05, 0) is 47.2 Å². The maximum absolute atomic E-state index is 13.0. The van der Waals surface area contributed by atoms with Crippen molar-refractivity contribution in [3.8, 4) is 11.5 Å². The highest BCUT2D eigenvalue weighted by Crippen LogP contribution is 2.32. The quantitative estimate of drug-likeness (QED) is 0.631. The maximum atomic E-state index is 13.0. The average molecular weight is 503 g/mol. The summed E-state index contributed by atoms with van der Waals surface area (Å²) in [6.07, 6.45) is 0. The standard InChI is InChI=1S/C23H27BrN4O4/c1-27-7-9-28(10-8-27)11-13-31-20-5-3-2-4-19(20)26-22(29)16-14-17-21(18(24)15-16)32-12-6-25-23(17)30/h2-5,14-15H,6-13H2,1H3,(H,25,30)(H,26,29). The predicted molar refractivity (Wildman–Crippen MR) is 126 cm³/mol. The van der Waals surface area contributed by atoms with E-state index in [4.69, 9.17) is 9.47 Å². The second kappa shape index (κ2) is 10.3. The van der Waals surface area contributed by atoms with Gasteiger partial charge in [-0.25, -0.2) is 0 Å². The lowest BCUT2D eigenvalue weighted by Crippen LogP contribution is -2.45. The first-order chi connectivity index (χ1) is 15.5. The minimum atomic E-state index is -0.333. The van der Waals surface area contributed by atoms with E-state index in [1.165, 1.54) is 0 Å². The summed E-state index contributed by atoms with van der Waals surface area (Å²) in [6.45, 7) is 6.35. The van der Waals surface area contributed by atoms with E-state index in [2.05, 4.69) is 43.4 Å². The van der Waals surface area contributed by atoms with Gasteiger partial charge in [0.15, 0.2) is 0 Å². The van der Waals surface area contributed by atoms with E-state index in [1.54, 1.807) is 18.2 Å². The summed E-state index contributed by atoms with van der Waals surface area (Å²) < 4.78 is 12.2. The number of fused-ring (bicyclic) bond motifs is 1. The summed E-state index contributed by atoms with van der Waals surface area (Å²) in [5.74, 6) is 0.468. The number of ether oxygens (including phenoxy) is 2. The molecule has 0 spiro atoms. The fraction of sp³-hybridized carbons (Fsp3) is 0.391. The van der Waals surface area contributed by atoms with Gasteiger partial charge in [-0.3, -0.25) is 14.5 Å². The van der Waals surface area contributed by atoms with Crippen molar-refractivity contribution in [1.82, 2.24) is 15.1 Å². The van der Waals surface area contributed by atoms with Gasteiger partial charge in [0, 0.05) is 38.3 Å². The van der Waals surface area contributed by atoms with Crippen LogP contribution in [0.5, 0.6) is 11.5 Å². The van der Waals surface area contributed by atoms with Crippen molar-refractivity contribution in [2.24, 2.45) is 0 Å². The molecule has 2 aliphatic heterocycles. The SMILES string of the molecule is CN1CCN(CCOc2ccccc2NC(=O)c2cc(Br)c3c(c2)C(=O)NCCO3)CC1. The van der Waals surface area contributed by atoms with Crippen molar-refractivity contribution < 1.29 is 19.1 Å². The molecule has 2 aliphatic rings. The van der Waals surface area contributed by atoms with Gasteiger partial charge in [-0.15, -0.1) is 0 Å². The molecule has 8 nitrogen and oxygen atoms in total. The summed E-state index contributed by atoms with van der Waals surface area (Å²) in [4.78, 5) is 30.0. The fourth-order valence-corrected chi connectivity index (χ4v) is 4.27. The number of halogens is 1. The number of hydrogen-bond acceptors (Lipinski definition) is 6. The average Bonchev–Trinajstić information content (AvgIpc) is 2.98. The van der Waals surface area contributed by atoms with Gasteiger partial charge < -0.3 is 25.0 Å². The van der Waals surface area contributed by atoms with Crippen molar-refractivity contribution in [2.45, 2.75) is 0 Å². The summed E-state index contributed by atoms with van der Waals surface area (Å²) >= 11 is 3.42. The van der Waals surface area contributed by atoms with Crippen LogP contribution in [-0.2, 0) is 0 Å².